The van der Waals surface area contributed by atoms with Crippen molar-refractivity contribution in [1.29, 1.82) is 0 Å². The Morgan fingerprint density at radius 1 is 1.15 bits per heavy atom. The van der Waals surface area contributed by atoms with Crippen LogP contribution in [-0.2, 0) is 0 Å². The molecule has 34 heavy (non-hydrogen) atoms. The van der Waals surface area contributed by atoms with Crippen LogP contribution in [0.15, 0.2) is 28.2 Å². The van der Waals surface area contributed by atoms with Crippen molar-refractivity contribution < 1.29 is 14.3 Å². The Morgan fingerprint density at radius 3 is 2.71 bits per heavy atom. The largest absolute Gasteiger partial charge is 0.495 e. The second kappa shape index (κ2) is 11.5. The van der Waals surface area contributed by atoms with Gasteiger partial charge in [-0.15, -0.1) is 0 Å². The Morgan fingerprint density at radius 2 is 1.97 bits per heavy atom. The number of nitrogens with one attached hydrogen (secondary N) is 3. The highest BCUT2D eigenvalue weighted by Gasteiger charge is 2.27. The van der Waals surface area contributed by atoms with E-state index in [4.69, 9.17) is 4.74 Å². The maximum Gasteiger partial charge on any atom is 0.324 e. The summed E-state index contributed by atoms with van der Waals surface area (Å²) in [7, 11) is 1.51. The Balaban J connectivity index is 1.29. The highest BCUT2D eigenvalue weighted by Crippen LogP contribution is 2.27. The number of aliphatic imine (C=N–C) groups is 2. The number of urea groups is 1. The molecule has 184 valence electrons. The van der Waals surface area contributed by atoms with E-state index in [1.807, 2.05) is 6.92 Å². The summed E-state index contributed by atoms with van der Waals surface area (Å²) in [6.07, 6.45) is 9.30. The quantitative estimate of drug-likeness (QED) is 0.596. The molecule has 9 heteroatoms. The molecule has 0 spiro atoms. The molecular formula is C25H36N6O3. The van der Waals surface area contributed by atoms with Crippen molar-refractivity contribution >= 4 is 29.7 Å². The summed E-state index contributed by atoms with van der Waals surface area (Å²) < 4.78 is 5.43. The lowest BCUT2D eigenvalue weighted by atomic mass is 9.89. The van der Waals surface area contributed by atoms with E-state index in [1.165, 1.54) is 39.2 Å². The van der Waals surface area contributed by atoms with Crippen molar-refractivity contribution in [3.05, 3.63) is 23.8 Å². The number of amidine groups is 1. The molecule has 1 aromatic carbocycles. The number of benzene rings is 1. The molecule has 3 aliphatic rings. The number of carbonyl (C=O) groups excluding carboxylic acids is 2. The van der Waals surface area contributed by atoms with Gasteiger partial charge in [0, 0.05) is 31.2 Å². The molecule has 2 fully saturated rings. The van der Waals surface area contributed by atoms with Crippen LogP contribution < -0.4 is 20.7 Å². The van der Waals surface area contributed by atoms with Crippen molar-refractivity contribution in [3.8, 4) is 5.75 Å². The molecule has 1 saturated carbocycles. The Kier molecular flexibility index (Phi) is 8.16. The first kappa shape index (κ1) is 24.2. The summed E-state index contributed by atoms with van der Waals surface area (Å²) in [5.41, 5.74) is 0.976. The molecule has 2 aliphatic heterocycles. The Hall–Kier alpha value is -2.94. The normalized spacial score (nSPS) is 23.3. The summed E-state index contributed by atoms with van der Waals surface area (Å²) in [6, 6.07) is 4.86. The third-order valence-corrected chi connectivity index (χ3v) is 6.78. The summed E-state index contributed by atoms with van der Waals surface area (Å²) in [6.45, 7) is 5.60. The number of ether oxygens (including phenoxy) is 1. The van der Waals surface area contributed by atoms with Crippen LogP contribution in [-0.4, -0.2) is 74.3 Å². The van der Waals surface area contributed by atoms with Gasteiger partial charge in [-0.1, -0.05) is 19.3 Å². The van der Waals surface area contributed by atoms with Crippen LogP contribution in [0.5, 0.6) is 5.75 Å². The summed E-state index contributed by atoms with van der Waals surface area (Å²) in [5, 5.41) is 8.58. The zero-order valence-electron chi connectivity index (χ0n) is 20.2. The maximum absolute atomic E-state index is 12.9. The number of amides is 3. The number of rotatable bonds is 6. The maximum atomic E-state index is 12.9. The Labute approximate surface area is 201 Å². The standard InChI is InChI=1S/C25H36N6O3/c1-17-13-27-23(14-26-17)30-25(33)29-21-9-8-19(12-22(21)34-2)24(32)28-20-10-11-31(16-20)15-18-6-4-3-5-7-18/h8-9,12,14,17-18,20H,3-7,10-11,13,15-16H2,1-2H3,(H,28,32)(H2,27,29,30,33). The SMILES string of the molecule is COc1cc(C(=O)NC2CCN(CC3CCCCC3)C2)ccc1NC(=O)NC1=NCC(C)N=C1. The van der Waals surface area contributed by atoms with Crippen LogP contribution in [0.3, 0.4) is 0 Å². The fourth-order valence-corrected chi connectivity index (χ4v) is 4.91. The summed E-state index contributed by atoms with van der Waals surface area (Å²) >= 11 is 0. The first-order chi connectivity index (χ1) is 16.5. The molecule has 1 saturated heterocycles. The van der Waals surface area contributed by atoms with E-state index < -0.39 is 6.03 Å². The second-order valence-corrected chi connectivity index (χ2v) is 9.57. The van der Waals surface area contributed by atoms with Crippen LogP contribution >= 0.6 is 0 Å². The molecule has 2 unspecified atom stereocenters. The van der Waals surface area contributed by atoms with Crippen molar-refractivity contribution in [2.24, 2.45) is 15.9 Å². The molecule has 9 nitrogen and oxygen atoms in total. The van der Waals surface area contributed by atoms with Gasteiger partial charge in [0.25, 0.3) is 5.91 Å². The van der Waals surface area contributed by atoms with Gasteiger partial charge < -0.3 is 20.3 Å². The van der Waals surface area contributed by atoms with Gasteiger partial charge >= 0.3 is 6.03 Å². The number of hydrogen-bond donors (Lipinski definition) is 3. The number of anilines is 1. The first-order valence-electron chi connectivity index (χ1n) is 12.4. The van der Waals surface area contributed by atoms with Crippen LogP contribution in [0.2, 0.25) is 0 Å². The van der Waals surface area contributed by atoms with Crippen molar-refractivity contribution in [3.63, 3.8) is 0 Å². The number of nitrogens with zero attached hydrogens (tertiary/aromatic N) is 3. The van der Waals surface area contributed by atoms with Gasteiger partial charge in [0.05, 0.1) is 31.6 Å². The molecule has 3 amide bonds. The zero-order valence-corrected chi connectivity index (χ0v) is 20.2. The molecule has 0 radical (unpaired) electrons. The average Bonchev–Trinajstić information content (AvgIpc) is 3.27. The van der Waals surface area contributed by atoms with E-state index in [0.717, 1.165) is 32.0 Å². The van der Waals surface area contributed by atoms with Gasteiger partial charge in [0.1, 0.15) is 11.6 Å². The predicted molar refractivity (Wildman–Crippen MR) is 134 cm³/mol. The van der Waals surface area contributed by atoms with Gasteiger partial charge in [-0.05, 0) is 50.3 Å². The van der Waals surface area contributed by atoms with Crippen LogP contribution in [0.25, 0.3) is 0 Å². The van der Waals surface area contributed by atoms with E-state index >= 15 is 0 Å². The fraction of sp³-hybridized carbons (Fsp3) is 0.600. The molecule has 0 bridgehead atoms. The van der Waals surface area contributed by atoms with Crippen molar-refractivity contribution in [1.82, 2.24) is 15.5 Å². The number of carbonyl (C=O) groups is 2. The van der Waals surface area contributed by atoms with Crippen molar-refractivity contribution in [2.75, 3.05) is 38.6 Å². The van der Waals surface area contributed by atoms with E-state index in [2.05, 4.69) is 30.8 Å². The third kappa shape index (κ3) is 6.56. The van der Waals surface area contributed by atoms with Gasteiger partial charge in [0.15, 0.2) is 0 Å². The third-order valence-electron chi connectivity index (χ3n) is 6.78. The fourth-order valence-electron chi connectivity index (χ4n) is 4.91. The van der Waals surface area contributed by atoms with Crippen LogP contribution in [0.1, 0.15) is 55.8 Å². The zero-order chi connectivity index (χ0) is 23.9. The highest BCUT2D eigenvalue weighted by atomic mass is 16.5. The molecule has 2 atom stereocenters. The van der Waals surface area contributed by atoms with Crippen molar-refractivity contribution in [2.45, 2.75) is 57.5 Å². The number of hydrogen-bond acceptors (Lipinski definition) is 6. The molecule has 1 aromatic rings. The average molecular weight is 469 g/mol. The predicted octanol–water partition coefficient (Wildman–Crippen LogP) is 3.07. The lowest BCUT2D eigenvalue weighted by molar-refractivity contribution is 0.0936. The lowest BCUT2D eigenvalue weighted by Gasteiger charge is -2.26. The highest BCUT2D eigenvalue weighted by molar-refractivity contribution is 6.33. The minimum absolute atomic E-state index is 0.122. The number of likely N-dealkylation sites (tertiary alicyclic amines) is 1. The topological polar surface area (TPSA) is 107 Å². The van der Waals surface area contributed by atoms with E-state index in [9.17, 15) is 9.59 Å². The van der Waals surface area contributed by atoms with E-state index in [0.29, 0.717) is 29.4 Å². The minimum Gasteiger partial charge on any atom is -0.495 e. The second-order valence-electron chi connectivity index (χ2n) is 9.57. The Bertz CT molecular complexity index is 941. The summed E-state index contributed by atoms with van der Waals surface area (Å²) in [4.78, 5) is 36.2. The lowest BCUT2D eigenvalue weighted by Crippen LogP contribution is -2.38. The van der Waals surface area contributed by atoms with Crippen LogP contribution in [0.4, 0.5) is 10.5 Å². The molecule has 3 N–H and O–H groups in total. The van der Waals surface area contributed by atoms with Gasteiger partial charge in [-0.3, -0.25) is 20.1 Å². The molecule has 0 aromatic heterocycles. The van der Waals surface area contributed by atoms with Crippen LogP contribution in [0, 0.1) is 5.92 Å². The molecule has 1 aliphatic carbocycles. The van der Waals surface area contributed by atoms with Gasteiger partial charge in [-0.2, -0.15) is 0 Å². The minimum atomic E-state index is -0.445. The van der Waals surface area contributed by atoms with E-state index in [1.54, 1.807) is 24.4 Å². The number of methoxy groups -OCH3 is 1. The van der Waals surface area contributed by atoms with Gasteiger partial charge in [0.2, 0.25) is 0 Å². The molecular weight excluding hydrogens is 432 g/mol. The molecule has 4 rings (SSSR count). The first-order valence-corrected chi connectivity index (χ1v) is 12.4. The van der Waals surface area contributed by atoms with Gasteiger partial charge in [-0.25, -0.2) is 4.79 Å². The van der Waals surface area contributed by atoms with E-state index in [-0.39, 0.29) is 18.0 Å². The monoisotopic (exact) mass is 468 g/mol. The summed E-state index contributed by atoms with van der Waals surface area (Å²) in [5.74, 6) is 1.52. The smallest absolute Gasteiger partial charge is 0.324 e. The molecule has 2 heterocycles.